The number of aliphatic hydroxyl groups excluding tert-OH is 2. The summed E-state index contributed by atoms with van der Waals surface area (Å²) in [5.74, 6) is 0.700. The molecule has 0 bridgehead atoms. The fourth-order valence-electron chi connectivity index (χ4n) is 4.30. The highest BCUT2D eigenvalue weighted by Crippen LogP contribution is 2.32. The first-order chi connectivity index (χ1) is 15.1. The van der Waals surface area contributed by atoms with Crippen LogP contribution in [0.15, 0.2) is 60.8 Å². The highest BCUT2D eigenvalue weighted by atomic mass is 35.5. The SMILES string of the molecule is CCc1ccccc1C(O)c1ccc(N2CCC(Nc3ncccc3Cl)C2)c(CO)c1. The Morgan fingerprint density at radius 1 is 1.16 bits per heavy atom. The van der Waals surface area contributed by atoms with E-state index in [-0.39, 0.29) is 12.6 Å². The molecule has 0 amide bonds. The molecule has 2 heterocycles. The highest BCUT2D eigenvalue weighted by Gasteiger charge is 2.25. The molecule has 0 radical (unpaired) electrons. The van der Waals surface area contributed by atoms with Gasteiger partial charge in [0.25, 0.3) is 0 Å². The van der Waals surface area contributed by atoms with Crippen LogP contribution in [0.3, 0.4) is 0 Å². The molecule has 162 valence electrons. The summed E-state index contributed by atoms with van der Waals surface area (Å²) < 4.78 is 0. The number of benzene rings is 2. The Bertz CT molecular complexity index is 1040. The zero-order chi connectivity index (χ0) is 21.8. The Hall–Kier alpha value is -2.60. The Labute approximate surface area is 188 Å². The first-order valence-corrected chi connectivity index (χ1v) is 11.1. The van der Waals surface area contributed by atoms with Gasteiger partial charge in [0.1, 0.15) is 11.9 Å². The zero-order valence-corrected chi connectivity index (χ0v) is 18.4. The fraction of sp³-hybridized carbons (Fsp3) is 0.320. The molecule has 5 nitrogen and oxygen atoms in total. The van der Waals surface area contributed by atoms with Gasteiger partial charge in [0.05, 0.1) is 11.6 Å². The minimum Gasteiger partial charge on any atom is -0.392 e. The van der Waals surface area contributed by atoms with Crippen molar-refractivity contribution in [1.29, 1.82) is 0 Å². The van der Waals surface area contributed by atoms with Gasteiger partial charge in [-0.15, -0.1) is 0 Å². The molecule has 31 heavy (non-hydrogen) atoms. The van der Waals surface area contributed by atoms with Gasteiger partial charge in [-0.1, -0.05) is 48.9 Å². The van der Waals surface area contributed by atoms with E-state index in [1.807, 2.05) is 54.6 Å². The second kappa shape index (κ2) is 9.69. The van der Waals surface area contributed by atoms with Gasteiger partial charge in [-0.3, -0.25) is 0 Å². The van der Waals surface area contributed by atoms with Gasteiger partial charge in [-0.2, -0.15) is 0 Å². The molecule has 0 aliphatic carbocycles. The van der Waals surface area contributed by atoms with Crippen molar-refractivity contribution in [3.8, 4) is 0 Å². The molecule has 3 aromatic rings. The van der Waals surface area contributed by atoms with Crippen molar-refractivity contribution in [3.63, 3.8) is 0 Å². The van der Waals surface area contributed by atoms with E-state index < -0.39 is 6.10 Å². The lowest BCUT2D eigenvalue weighted by atomic mass is 9.94. The van der Waals surface area contributed by atoms with Crippen molar-refractivity contribution in [2.45, 2.75) is 38.5 Å². The second-order valence-corrected chi connectivity index (χ2v) is 8.32. The third kappa shape index (κ3) is 4.69. The summed E-state index contributed by atoms with van der Waals surface area (Å²) in [7, 11) is 0. The minimum atomic E-state index is -0.713. The lowest BCUT2D eigenvalue weighted by molar-refractivity contribution is 0.218. The van der Waals surface area contributed by atoms with Crippen molar-refractivity contribution in [3.05, 3.63) is 88.1 Å². The molecule has 1 fully saturated rings. The van der Waals surface area contributed by atoms with Gasteiger partial charge in [-0.05, 0) is 53.8 Å². The Kier molecular flexibility index (Phi) is 6.76. The van der Waals surface area contributed by atoms with E-state index in [0.717, 1.165) is 53.9 Å². The van der Waals surface area contributed by atoms with E-state index in [0.29, 0.717) is 10.8 Å². The molecule has 2 unspecified atom stereocenters. The van der Waals surface area contributed by atoms with Crippen LogP contribution >= 0.6 is 11.6 Å². The number of aryl methyl sites for hydroxylation is 1. The summed E-state index contributed by atoms with van der Waals surface area (Å²) in [6.07, 6.45) is 2.83. The number of rotatable bonds is 7. The van der Waals surface area contributed by atoms with E-state index in [1.165, 1.54) is 0 Å². The maximum atomic E-state index is 11.0. The summed E-state index contributed by atoms with van der Waals surface area (Å²) in [5.41, 5.74) is 4.66. The van der Waals surface area contributed by atoms with Gasteiger partial charge in [-0.25, -0.2) is 4.98 Å². The van der Waals surface area contributed by atoms with Crippen LogP contribution < -0.4 is 10.2 Å². The van der Waals surface area contributed by atoms with Crippen LogP contribution in [-0.4, -0.2) is 34.3 Å². The molecule has 0 saturated carbocycles. The second-order valence-electron chi connectivity index (χ2n) is 7.91. The number of aliphatic hydroxyl groups is 2. The lowest BCUT2D eigenvalue weighted by Gasteiger charge is -2.24. The summed E-state index contributed by atoms with van der Waals surface area (Å²) in [4.78, 5) is 6.58. The highest BCUT2D eigenvalue weighted by molar-refractivity contribution is 6.32. The largest absolute Gasteiger partial charge is 0.392 e. The van der Waals surface area contributed by atoms with Gasteiger partial charge >= 0.3 is 0 Å². The number of aromatic nitrogens is 1. The molecular formula is C25H28ClN3O2. The number of hydrogen-bond acceptors (Lipinski definition) is 5. The summed E-state index contributed by atoms with van der Waals surface area (Å²) in [6.45, 7) is 3.67. The normalized spacial score (nSPS) is 17.0. The van der Waals surface area contributed by atoms with Crippen molar-refractivity contribution in [2.75, 3.05) is 23.3 Å². The topological polar surface area (TPSA) is 68.6 Å². The average Bonchev–Trinajstić information content (AvgIpc) is 3.28. The van der Waals surface area contributed by atoms with E-state index in [4.69, 9.17) is 11.6 Å². The van der Waals surface area contributed by atoms with Crippen molar-refractivity contribution < 1.29 is 10.2 Å². The average molecular weight is 438 g/mol. The van der Waals surface area contributed by atoms with Gasteiger partial charge in [0.2, 0.25) is 0 Å². The van der Waals surface area contributed by atoms with Crippen LogP contribution in [0.25, 0.3) is 0 Å². The van der Waals surface area contributed by atoms with E-state index >= 15 is 0 Å². The zero-order valence-electron chi connectivity index (χ0n) is 17.6. The van der Waals surface area contributed by atoms with Gasteiger partial charge in [0, 0.05) is 36.6 Å². The standard InChI is InChI=1S/C25H28ClN3O2/c1-2-17-6-3-4-7-21(17)24(31)18-9-10-23(19(14-18)16-30)29-13-11-20(15-29)28-25-22(26)8-5-12-27-25/h3-10,12,14,20,24,30-31H,2,11,13,15-16H2,1H3,(H,27,28). The molecule has 1 aliphatic rings. The molecule has 6 heteroatoms. The molecule has 0 spiro atoms. The molecule has 4 rings (SSSR count). The van der Waals surface area contributed by atoms with Crippen LogP contribution in [0.4, 0.5) is 11.5 Å². The van der Waals surface area contributed by atoms with Gasteiger partial charge < -0.3 is 20.4 Å². The number of nitrogens with one attached hydrogen (secondary N) is 1. The monoisotopic (exact) mass is 437 g/mol. The van der Waals surface area contributed by atoms with E-state index in [2.05, 4.69) is 22.1 Å². The maximum absolute atomic E-state index is 11.0. The first-order valence-electron chi connectivity index (χ1n) is 10.7. The molecule has 2 atom stereocenters. The molecular weight excluding hydrogens is 410 g/mol. The first kappa shape index (κ1) is 21.6. The summed E-state index contributed by atoms with van der Waals surface area (Å²) >= 11 is 6.23. The predicted octanol–water partition coefficient (Wildman–Crippen LogP) is 4.56. The fourth-order valence-corrected chi connectivity index (χ4v) is 4.47. The predicted molar refractivity (Wildman–Crippen MR) is 126 cm³/mol. The Morgan fingerprint density at radius 3 is 2.77 bits per heavy atom. The number of nitrogens with zero attached hydrogens (tertiary/aromatic N) is 2. The number of pyridine rings is 1. The molecule has 1 saturated heterocycles. The van der Waals surface area contributed by atoms with Crippen molar-refractivity contribution in [2.24, 2.45) is 0 Å². The third-order valence-corrected chi connectivity index (χ3v) is 6.25. The van der Waals surface area contributed by atoms with E-state index in [1.54, 1.807) is 6.20 Å². The molecule has 1 aromatic heterocycles. The quantitative estimate of drug-likeness (QED) is 0.505. The van der Waals surface area contributed by atoms with Gasteiger partial charge in [0.15, 0.2) is 0 Å². The molecule has 3 N–H and O–H groups in total. The maximum Gasteiger partial charge on any atom is 0.145 e. The lowest BCUT2D eigenvalue weighted by Crippen LogP contribution is -2.27. The number of anilines is 2. The van der Waals surface area contributed by atoms with Crippen LogP contribution in [0.2, 0.25) is 5.02 Å². The van der Waals surface area contributed by atoms with Crippen LogP contribution in [0.5, 0.6) is 0 Å². The van der Waals surface area contributed by atoms with Crippen LogP contribution in [0, 0.1) is 0 Å². The number of halogens is 1. The minimum absolute atomic E-state index is 0.0774. The van der Waals surface area contributed by atoms with Crippen molar-refractivity contribution >= 4 is 23.1 Å². The Balaban J connectivity index is 1.52. The van der Waals surface area contributed by atoms with Crippen LogP contribution in [0.1, 0.15) is 41.7 Å². The molecule has 1 aliphatic heterocycles. The smallest absolute Gasteiger partial charge is 0.145 e. The summed E-state index contributed by atoms with van der Waals surface area (Å²) in [6, 6.07) is 17.7. The molecule has 2 aromatic carbocycles. The third-order valence-electron chi connectivity index (χ3n) is 5.95. The van der Waals surface area contributed by atoms with E-state index in [9.17, 15) is 10.2 Å². The van der Waals surface area contributed by atoms with Crippen LogP contribution in [-0.2, 0) is 13.0 Å². The van der Waals surface area contributed by atoms with Crippen molar-refractivity contribution in [1.82, 2.24) is 4.98 Å². The summed E-state index contributed by atoms with van der Waals surface area (Å²) in [5, 5.41) is 25.1. The number of hydrogen-bond donors (Lipinski definition) is 3. The Morgan fingerprint density at radius 2 is 2.00 bits per heavy atom.